The summed E-state index contributed by atoms with van der Waals surface area (Å²) in [5.41, 5.74) is 2.68. The number of anilines is 3. The molecule has 29 heavy (non-hydrogen) atoms. The lowest BCUT2D eigenvalue weighted by Crippen LogP contribution is -2.14. The van der Waals surface area contributed by atoms with Crippen LogP contribution in [0.25, 0.3) is 0 Å². The van der Waals surface area contributed by atoms with Crippen molar-refractivity contribution >= 4 is 28.8 Å². The maximum atomic E-state index is 12.6. The second-order valence-electron chi connectivity index (χ2n) is 6.21. The lowest BCUT2D eigenvalue weighted by atomic mass is 10.1. The number of benzene rings is 2. The van der Waals surface area contributed by atoms with Crippen molar-refractivity contribution in [1.82, 2.24) is 4.98 Å². The summed E-state index contributed by atoms with van der Waals surface area (Å²) >= 11 is 0. The number of hydrogen-bond donors (Lipinski definition) is 2. The van der Waals surface area contributed by atoms with Crippen molar-refractivity contribution in [2.24, 2.45) is 0 Å². The van der Waals surface area contributed by atoms with E-state index in [1.807, 2.05) is 12.1 Å². The molecule has 0 spiro atoms. The van der Waals surface area contributed by atoms with E-state index < -0.39 is 0 Å². The van der Waals surface area contributed by atoms with Crippen LogP contribution < -0.4 is 20.1 Å². The van der Waals surface area contributed by atoms with Crippen LogP contribution in [0.2, 0.25) is 0 Å². The van der Waals surface area contributed by atoms with E-state index >= 15 is 0 Å². The minimum atomic E-state index is -0.379. The van der Waals surface area contributed by atoms with Gasteiger partial charge >= 0.3 is 0 Å². The van der Waals surface area contributed by atoms with E-state index in [0.29, 0.717) is 28.4 Å². The van der Waals surface area contributed by atoms with Crippen molar-refractivity contribution in [3.05, 3.63) is 72.1 Å². The Labute approximate surface area is 168 Å². The summed E-state index contributed by atoms with van der Waals surface area (Å²) in [5, 5.41) is 5.97. The number of aromatic nitrogens is 1. The molecule has 0 aliphatic carbocycles. The molecule has 1 heterocycles. The van der Waals surface area contributed by atoms with E-state index in [1.165, 1.54) is 6.92 Å². The SMILES string of the molecule is COc1ccc(Nc2ccnc(C(=O)Nc3cccc(C(C)=O)c3)c2)c(OC)c1. The summed E-state index contributed by atoms with van der Waals surface area (Å²) in [6, 6.07) is 15.5. The highest BCUT2D eigenvalue weighted by molar-refractivity contribution is 6.04. The van der Waals surface area contributed by atoms with Crippen LogP contribution >= 0.6 is 0 Å². The van der Waals surface area contributed by atoms with Crippen LogP contribution in [0.4, 0.5) is 17.1 Å². The average molecular weight is 391 g/mol. The molecule has 3 rings (SSSR count). The molecule has 0 aliphatic rings. The number of hydrogen-bond acceptors (Lipinski definition) is 6. The number of Topliss-reactive ketones (excluding diaryl/α,β-unsaturated/α-hetero) is 1. The third-order valence-electron chi connectivity index (χ3n) is 4.21. The van der Waals surface area contributed by atoms with Gasteiger partial charge in [-0.15, -0.1) is 0 Å². The molecule has 0 aliphatic heterocycles. The fourth-order valence-electron chi connectivity index (χ4n) is 2.70. The maximum Gasteiger partial charge on any atom is 0.274 e. The van der Waals surface area contributed by atoms with E-state index in [0.717, 1.165) is 5.69 Å². The van der Waals surface area contributed by atoms with Crippen molar-refractivity contribution in [1.29, 1.82) is 0 Å². The zero-order valence-corrected chi connectivity index (χ0v) is 16.4. The Morgan fingerprint density at radius 2 is 1.76 bits per heavy atom. The monoisotopic (exact) mass is 391 g/mol. The number of methoxy groups -OCH3 is 2. The van der Waals surface area contributed by atoms with Crippen LogP contribution in [-0.4, -0.2) is 30.9 Å². The zero-order valence-electron chi connectivity index (χ0n) is 16.4. The molecule has 0 saturated heterocycles. The molecule has 0 saturated carbocycles. The topological polar surface area (TPSA) is 89.5 Å². The highest BCUT2D eigenvalue weighted by Crippen LogP contribution is 2.31. The van der Waals surface area contributed by atoms with Crippen molar-refractivity contribution < 1.29 is 19.1 Å². The number of amides is 1. The zero-order chi connectivity index (χ0) is 20.8. The molecule has 0 unspecified atom stereocenters. The molecule has 0 fully saturated rings. The van der Waals surface area contributed by atoms with E-state index in [1.54, 1.807) is 62.9 Å². The third-order valence-corrected chi connectivity index (χ3v) is 4.21. The first-order valence-corrected chi connectivity index (χ1v) is 8.87. The minimum Gasteiger partial charge on any atom is -0.497 e. The van der Waals surface area contributed by atoms with Gasteiger partial charge < -0.3 is 20.1 Å². The van der Waals surface area contributed by atoms with Gasteiger partial charge in [-0.3, -0.25) is 14.6 Å². The summed E-state index contributed by atoms with van der Waals surface area (Å²) < 4.78 is 10.6. The molecule has 7 nitrogen and oxygen atoms in total. The Hall–Kier alpha value is -3.87. The van der Waals surface area contributed by atoms with Crippen LogP contribution in [0.15, 0.2) is 60.8 Å². The number of pyridine rings is 1. The summed E-state index contributed by atoms with van der Waals surface area (Å²) in [4.78, 5) is 28.2. The smallest absolute Gasteiger partial charge is 0.274 e. The Morgan fingerprint density at radius 1 is 0.931 bits per heavy atom. The normalized spacial score (nSPS) is 10.2. The number of ketones is 1. The lowest BCUT2D eigenvalue weighted by molar-refractivity contribution is 0.100. The van der Waals surface area contributed by atoms with Gasteiger partial charge in [-0.05, 0) is 43.3 Å². The fourth-order valence-corrected chi connectivity index (χ4v) is 2.70. The second-order valence-corrected chi connectivity index (χ2v) is 6.21. The standard InChI is InChI=1S/C22H21N3O4/c1-14(26)15-5-4-6-16(11-15)25-22(27)20-12-17(9-10-23-20)24-19-8-7-18(28-2)13-21(19)29-3/h4-13H,1-3H3,(H,23,24)(H,25,27). The predicted octanol–water partition coefficient (Wildman–Crippen LogP) is 4.30. The van der Waals surface area contributed by atoms with E-state index in [-0.39, 0.29) is 17.4 Å². The average Bonchev–Trinajstić information content (AvgIpc) is 2.74. The van der Waals surface area contributed by atoms with Crippen molar-refractivity contribution in [3.63, 3.8) is 0 Å². The maximum absolute atomic E-state index is 12.6. The van der Waals surface area contributed by atoms with Gasteiger partial charge in [0.05, 0.1) is 19.9 Å². The molecule has 0 bridgehead atoms. The lowest BCUT2D eigenvalue weighted by Gasteiger charge is -2.13. The Morgan fingerprint density at radius 3 is 2.48 bits per heavy atom. The quantitative estimate of drug-likeness (QED) is 0.584. The summed E-state index contributed by atoms with van der Waals surface area (Å²) in [5.74, 6) is 0.832. The van der Waals surface area contributed by atoms with Gasteiger partial charge in [0, 0.05) is 29.2 Å². The van der Waals surface area contributed by atoms with Crippen molar-refractivity contribution in [2.45, 2.75) is 6.92 Å². The van der Waals surface area contributed by atoms with Crippen molar-refractivity contribution in [2.75, 3.05) is 24.9 Å². The molecule has 0 atom stereocenters. The molecule has 1 aromatic heterocycles. The Balaban J connectivity index is 1.78. The molecule has 7 heteroatoms. The van der Waals surface area contributed by atoms with Gasteiger partial charge in [0.2, 0.25) is 0 Å². The molecule has 2 N–H and O–H groups in total. The second kappa shape index (κ2) is 8.88. The first kappa shape index (κ1) is 19.9. The van der Waals surface area contributed by atoms with Gasteiger partial charge in [-0.2, -0.15) is 0 Å². The molecule has 0 radical (unpaired) electrons. The van der Waals surface area contributed by atoms with Gasteiger partial charge in [-0.1, -0.05) is 12.1 Å². The number of nitrogens with one attached hydrogen (secondary N) is 2. The number of rotatable bonds is 7. The number of carbonyl (C=O) groups excluding carboxylic acids is 2. The van der Waals surface area contributed by atoms with E-state index in [9.17, 15) is 9.59 Å². The van der Waals surface area contributed by atoms with Crippen LogP contribution in [0.5, 0.6) is 11.5 Å². The van der Waals surface area contributed by atoms with E-state index in [4.69, 9.17) is 9.47 Å². The largest absolute Gasteiger partial charge is 0.497 e. The van der Waals surface area contributed by atoms with Gasteiger partial charge in [0.1, 0.15) is 17.2 Å². The summed E-state index contributed by atoms with van der Waals surface area (Å²) in [6.07, 6.45) is 1.54. The Bertz CT molecular complexity index is 1050. The Kier molecular flexibility index (Phi) is 6.09. The summed E-state index contributed by atoms with van der Waals surface area (Å²) in [6.45, 7) is 1.48. The molecular formula is C22H21N3O4. The fraction of sp³-hybridized carbons (Fsp3) is 0.136. The van der Waals surface area contributed by atoms with Crippen LogP contribution in [0.3, 0.4) is 0 Å². The van der Waals surface area contributed by atoms with E-state index in [2.05, 4.69) is 15.6 Å². The highest BCUT2D eigenvalue weighted by atomic mass is 16.5. The number of carbonyl (C=O) groups is 2. The number of nitrogens with zero attached hydrogens (tertiary/aromatic N) is 1. The third kappa shape index (κ3) is 4.90. The first-order chi connectivity index (χ1) is 14.0. The van der Waals surface area contributed by atoms with Gasteiger partial charge in [0.15, 0.2) is 5.78 Å². The molecule has 3 aromatic rings. The summed E-state index contributed by atoms with van der Waals surface area (Å²) in [7, 11) is 3.16. The molecule has 2 aromatic carbocycles. The molecular weight excluding hydrogens is 370 g/mol. The van der Waals surface area contributed by atoms with Gasteiger partial charge in [-0.25, -0.2) is 0 Å². The molecule has 148 valence electrons. The first-order valence-electron chi connectivity index (χ1n) is 8.87. The predicted molar refractivity (Wildman–Crippen MR) is 111 cm³/mol. The van der Waals surface area contributed by atoms with Crippen molar-refractivity contribution in [3.8, 4) is 11.5 Å². The van der Waals surface area contributed by atoms with Crippen LogP contribution in [-0.2, 0) is 0 Å². The van der Waals surface area contributed by atoms with Crippen LogP contribution in [0.1, 0.15) is 27.8 Å². The van der Waals surface area contributed by atoms with Gasteiger partial charge in [0.25, 0.3) is 5.91 Å². The van der Waals surface area contributed by atoms with Crippen LogP contribution in [0, 0.1) is 0 Å². The minimum absolute atomic E-state index is 0.0705. The highest BCUT2D eigenvalue weighted by Gasteiger charge is 2.11. The number of ether oxygens (including phenoxy) is 2. The molecule has 1 amide bonds.